The lowest BCUT2D eigenvalue weighted by Gasteiger charge is -2.30. The molecule has 1 fully saturated rings. The molecule has 1 atom stereocenters. The van der Waals surface area contributed by atoms with E-state index in [1.807, 2.05) is 18.2 Å². The Balaban J connectivity index is 1.33. The molecule has 0 bridgehead atoms. The molecule has 1 saturated heterocycles. The number of piperidine rings is 1. The van der Waals surface area contributed by atoms with Gasteiger partial charge in [-0.15, -0.1) is 0 Å². The van der Waals surface area contributed by atoms with Crippen molar-refractivity contribution < 1.29 is 23.1 Å². The van der Waals surface area contributed by atoms with E-state index in [1.165, 1.54) is 16.4 Å². The molecule has 8 nitrogen and oxygen atoms in total. The second-order valence-corrected chi connectivity index (χ2v) is 12.6. The number of rotatable bonds is 6. The van der Waals surface area contributed by atoms with Crippen molar-refractivity contribution in [2.75, 3.05) is 13.1 Å². The molecule has 1 aliphatic heterocycles. The maximum absolute atomic E-state index is 13.5. The summed E-state index contributed by atoms with van der Waals surface area (Å²) in [5.41, 5.74) is 2.97. The number of benzene rings is 2. The van der Waals surface area contributed by atoms with Crippen LogP contribution in [0.4, 0.5) is 0 Å². The largest absolute Gasteiger partial charge is 0.478 e. The number of carbonyl (C=O) groups excluding carboxylic acids is 1. The third kappa shape index (κ3) is 5.15. The van der Waals surface area contributed by atoms with Crippen molar-refractivity contribution in [2.24, 2.45) is 11.8 Å². The topological polar surface area (TPSA) is 117 Å². The number of carbonyl (C=O) groups is 2. The van der Waals surface area contributed by atoms with Gasteiger partial charge in [0, 0.05) is 41.7 Å². The number of nitrogens with zero attached hydrogens (tertiary/aromatic N) is 2. The summed E-state index contributed by atoms with van der Waals surface area (Å²) >= 11 is 6.16. The smallest absolute Gasteiger partial charge is 0.336 e. The Morgan fingerprint density at radius 1 is 1.13 bits per heavy atom. The summed E-state index contributed by atoms with van der Waals surface area (Å²) in [4.78, 5) is 29.7. The highest BCUT2D eigenvalue weighted by atomic mass is 35.5. The molecule has 2 aliphatic rings. The van der Waals surface area contributed by atoms with Crippen LogP contribution in [0.15, 0.2) is 47.4 Å². The fourth-order valence-electron chi connectivity index (χ4n) is 5.47. The molecule has 38 heavy (non-hydrogen) atoms. The minimum Gasteiger partial charge on any atom is -0.478 e. The number of halogens is 1. The predicted molar refractivity (Wildman–Crippen MR) is 145 cm³/mol. The normalized spacial score (nSPS) is 18.7. The molecule has 1 aliphatic carbocycles. The van der Waals surface area contributed by atoms with E-state index in [9.17, 15) is 23.1 Å². The number of sulfonamides is 1. The summed E-state index contributed by atoms with van der Waals surface area (Å²) in [6, 6.07) is 11.8. The zero-order valence-corrected chi connectivity index (χ0v) is 22.7. The lowest BCUT2D eigenvalue weighted by molar-refractivity contribution is -0.126. The van der Waals surface area contributed by atoms with Gasteiger partial charge in [0.25, 0.3) is 0 Å². The first-order valence-corrected chi connectivity index (χ1v) is 14.7. The first-order chi connectivity index (χ1) is 18.1. The average molecular weight is 556 g/mol. The zero-order valence-electron chi connectivity index (χ0n) is 21.1. The van der Waals surface area contributed by atoms with E-state index >= 15 is 0 Å². The Hall–Kier alpha value is -3.01. The minimum absolute atomic E-state index is 0.0414. The first-order valence-electron chi connectivity index (χ1n) is 12.8. The van der Waals surface area contributed by atoms with Crippen LogP contribution in [0.1, 0.15) is 53.4 Å². The van der Waals surface area contributed by atoms with E-state index in [0.717, 1.165) is 17.7 Å². The van der Waals surface area contributed by atoms with Crippen molar-refractivity contribution in [1.82, 2.24) is 14.6 Å². The molecule has 0 unspecified atom stereocenters. The molecular formula is C28H30ClN3O5S. The van der Waals surface area contributed by atoms with Gasteiger partial charge >= 0.3 is 5.97 Å². The van der Waals surface area contributed by atoms with Gasteiger partial charge in [-0.1, -0.05) is 36.7 Å². The SMILES string of the molecule is C[C@@H]1CCc2nc3ccc(S(=O)(=O)N4CCC(C(=O)NCc5ccccc5Cl)CC4)cc3c(C(=O)O)c2C1. The third-order valence-corrected chi connectivity index (χ3v) is 9.92. The van der Waals surface area contributed by atoms with Crippen LogP contribution in [0.2, 0.25) is 5.02 Å². The molecule has 0 spiro atoms. The molecule has 2 N–H and O–H groups in total. The Bertz CT molecular complexity index is 1520. The quantitative estimate of drug-likeness (QED) is 0.465. The molecule has 10 heteroatoms. The minimum atomic E-state index is -3.87. The van der Waals surface area contributed by atoms with Gasteiger partial charge < -0.3 is 10.4 Å². The van der Waals surface area contributed by atoms with E-state index in [1.54, 1.807) is 12.1 Å². The molecule has 0 radical (unpaired) electrons. The number of fused-ring (bicyclic) bond motifs is 2. The Labute approximate surface area is 227 Å². The number of pyridine rings is 1. The van der Waals surface area contributed by atoms with Crippen LogP contribution in [0.25, 0.3) is 10.9 Å². The number of aromatic nitrogens is 1. The lowest BCUT2D eigenvalue weighted by Crippen LogP contribution is -2.42. The van der Waals surface area contributed by atoms with E-state index in [0.29, 0.717) is 59.6 Å². The number of carboxylic acids is 1. The summed E-state index contributed by atoms with van der Waals surface area (Å²) in [7, 11) is -3.87. The summed E-state index contributed by atoms with van der Waals surface area (Å²) in [6.07, 6.45) is 3.07. The Kier molecular flexibility index (Phi) is 7.44. The Morgan fingerprint density at radius 2 is 1.87 bits per heavy atom. The highest BCUT2D eigenvalue weighted by Crippen LogP contribution is 2.33. The molecule has 200 valence electrons. The van der Waals surface area contributed by atoms with Crippen molar-refractivity contribution in [2.45, 2.75) is 50.5 Å². The number of hydrogen-bond acceptors (Lipinski definition) is 5. The van der Waals surface area contributed by atoms with Crippen molar-refractivity contribution >= 4 is 44.4 Å². The molecular weight excluding hydrogens is 526 g/mol. The summed E-state index contributed by atoms with van der Waals surface area (Å²) in [5.74, 6) is -1.14. The van der Waals surface area contributed by atoms with Gasteiger partial charge in [0.05, 0.1) is 16.0 Å². The van der Waals surface area contributed by atoms with Crippen LogP contribution in [-0.4, -0.2) is 47.8 Å². The molecule has 5 rings (SSSR count). The number of nitrogens with one attached hydrogen (secondary N) is 1. The first kappa shape index (κ1) is 26.6. The number of carboxylic acid groups (broad SMARTS) is 1. The van der Waals surface area contributed by atoms with Crippen LogP contribution in [0.5, 0.6) is 0 Å². The van der Waals surface area contributed by atoms with Crippen LogP contribution in [0, 0.1) is 11.8 Å². The fourth-order valence-corrected chi connectivity index (χ4v) is 7.17. The van der Waals surface area contributed by atoms with Crippen molar-refractivity contribution in [3.63, 3.8) is 0 Å². The summed E-state index contributed by atoms with van der Waals surface area (Å²) < 4.78 is 28.4. The van der Waals surface area contributed by atoms with Gasteiger partial charge in [-0.2, -0.15) is 4.31 Å². The van der Waals surface area contributed by atoms with E-state index in [2.05, 4.69) is 17.2 Å². The predicted octanol–water partition coefficient (Wildman–Crippen LogP) is 4.43. The van der Waals surface area contributed by atoms with Gasteiger partial charge in [0.1, 0.15) is 0 Å². The summed E-state index contributed by atoms with van der Waals surface area (Å²) in [5, 5.41) is 13.9. The maximum atomic E-state index is 13.5. The van der Waals surface area contributed by atoms with E-state index in [-0.39, 0.29) is 35.4 Å². The highest BCUT2D eigenvalue weighted by Gasteiger charge is 2.33. The lowest BCUT2D eigenvalue weighted by atomic mass is 9.84. The van der Waals surface area contributed by atoms with Gasteiger partial charge in [0.2, 0.25) is 15.9 Å². The van der Waals surface area contributed by atoms with Crippen molar-refractivity contribution in [3.8, 4) is 0 Å². The number of hydrogen-bond donors (Lipinski definition) is 2. The number of aryl methyl sites for hydroxylation is 1. The zero-order chi connectivity index (χ0) is 27.0. The number of aromatic carboxylic acids is 1. The van der Waals surface area contributed by atoms with E-state index < -0.39 is 16.0 Å². The highest BCUT2D eigenvalue weighted by molar-refractivity contribution is 7.89. The second kappa shape index (κ2) is 10.6. The van der Waals surface area contributed by atoms with Gasteiger partial charge in [0.15, 0.2) is 0 Å². The molecule has 1 amide bonds. The van der Waals surface area contributed by atoms with Crippen LogP contribution < -0.4 is 5.32 Å². The standard InChI is InChI=1S/C28H30ClN3O5S/c1-17-6-8-24-21(14-17)26(28(34)35)22-15-20(7-9-25(22)31-24)38(36,37)32-12-10-18(11-13-32)27(33)30-16-19-4-2-3-5-23(19)29/h2-5,7,9,15,17-18H,6,8,10-14,16H2,1H3,(H,30,33)(H,34,35)/t17-/m1/s1. The average Bonchev–Trinajstić information content (AvgIpc) is 2.90. The molecule has 2 heterocycles. The molecule has 3 aromatic rings. The van der Waals surface area contributed by atoms with Crippen LogP contribution in [-0.2, 0) is 34.2 Å². The number of amides is 1. The van der Waals surface area contributed by atoms with E-state index in [4.69, 9.17) is 11.6 Å². The van der Waals surface area contributed by atoms with Gasteiger partial charge in [-0.3, -0.25) is 9.78 Å². The molecule has 0 saturated carbocycles. The fraction of sp³-hybridized carbons (Fsp3) is 0.393. The molecule has 2 aromatic carbocycles. The summed E-state index contributed by atoms with van der Waals surface area (Å²) in [6.45, 7) is 2.81. The third-order valence-electron chi connectivity index (χ3n) is 7.66. The monoisotopic (exact) mass is 555 g/mol. The second-order valence-electron chi connectivity index (χ2n) is 10.2. The van der Waals surface area contributed by atoms with Crippen LogP contribution >= 0.6 is 11.6 Å². The maximum Gasteiger partial charge on any atom is 0.336 e. The van der Waals surface area contributed by atoms with Gasteiger partial charge in [-0.05, 0) is 73.4 Å². The Morgan fingerprint density at radius 3 is 2.58 bits per heavy atom. The molecule has 1 aromatic heterocycles. The van der Waals surface area contributed by atoms with Crippen molar-refractivity contribution in [3.05, 3.63) is 69.9 Å². The van der Waals surface area contributed by atoms with Crippen molar-refractivity contribution in [1.29, 1.82) is 0 Å². The van der Waals surface area contributed by atoms with Crippen LogP contribution in [0.3, 0.4) is 0 Å². The van der Waals surface area contributed by atoms with Gasteiger partial charge in [-0.25, -0.2) is 13.2 Å².